The lowest BCUT2D eigenvalue weighted by molar-refractivity contribution is 0.402. The number of aromatic nitrogens is 3. The Labute approximate surface area is 104 Å². The monoisotopic (exact) mass is 249 g/mol. The quantitative estimate of drug-likeness (QED) is 0.768. The Hall–Kier alpha value is -1.42. The molecule has 2 heterocycles. The minimum Gasteiger partial charge on any atom is -0.480 e. The fraction of sp³-hybridized carbons (Fsp3) is 0.417. The van der Waals surface area contributed by atoms with Gasteiger partial charge in [0.25, 0.3) is 0 Å². The Morgan fingerprint density at radius 3 is 2.82 bits per heavy atom. The van der Waals surface area contributed by atoms with Gasteiger partial charge in [-0.15, -0.1) is 0 Å². The van der Waals surface area contributed by atoms with Gasteiger partial charge >= 0.3 is 0 Å². The molecule has 1 unspecified atom stereocenters. The molecule has 2 aromatic rings. The zero-order valence-electron chi connectivity index (χ0n) is 9.64. The first kappa shape index (κ1) is 10.7. The van der Waals surface area contributed by atoms with Gasteiger partial charge in [0.05, 0.1) is 12.5 Å². The third-order valence-electron chi connectivity index (χ3n) is 3.24. The SMILES string of the molecule is COc1nc(Cl)nc2ncc([C@H]3CC3C)cc12. The van der Waals surface area contributed by atoms with E-state index in [4.69, 9.17) is 16.3 Å². The molecule has 0 aliphatic heterocycles. The molecule has 88 valence electrons. The largest absolute Gasteiger partial charge is 0.480 e. The molecule has 0 spiro atoms. The third-order valence-corrected chi connectivity index (χ3v) is 3.41. The predicted octanol–water partition coefficient (Wildman–Crippen LogP) is 2.81. The molecule has 0 amide bonds. The summed E-state index contributed by atoms with van der Waals surface area (Å²) in [6, 6.07) is 2.06. The molecule has 1 fully saturated rings. The molecule has 5 heteroatoms. The van der Waals surface area contributed by atoms with Crippen molar-refractivity contribution >= 4 is 22.6 Å². The third kappa shape index (κ3) is 1.82. The molecule has 4 nitrogen and oxygen atoms in total. The molecule has 2 atom stereocenters. The van der Waals surface area contributed by atoms with E-state index < -0.39 is 0 Å². The summed E-state index contributed by atoms with van der Waals surface area (Å²) < 4.78 is 5.21. The number of methoxy groups -OCH3 is 1. The molecular formula is C12H12ClN3O. The summed E-state index contributed by atoms with van der Waals surface area (Å²) in [7, 11) is 1.57. The molecule has 3 rings (SSSR count). The highest BCUT2D eigenvalue weighted by Crippen LogP contribution is 2.47. The number of nitrogens with zero attached hydrogens (tertiary/aromatic N) is 3. The second-order valence-corrected chi connectivity index (χ2v) is 4.80. The lowest BCUT2D eigenvalue weighted by Gasteiger charge is -2.05. The lowest BCUT2D eigenvalue weighted by Crippen LogP contribution is -1.96. The molecule has 0 radical (unpaired) electrons. The summed E-state index contributed by atoms with van der Waals surface area (Å²) in [4.78, 5) is 12.5. The minimum absolute atomic E-state index is 0.161. The van der Waals surface area contributed by atoms with Gasteiger partial charge in [0, 0.05) is 6.20 Å². The van der Waals surface area contributed by atoms with Crippen molar-refractivity contribution in [3.05, 3.63) is 23.1 Å². The van der Waals surface area contributed by atoms with Crippen LogP contribution in [0.25, 0.3) is 11.0 Å². The Morgan fingerprint density at radius 1 is 1.41 bits per heavy atom. The highest BCUT2D eigenvalue weighted by molar-refractivity contribution is 6.28. The maximum atomic E-state index is 5.80. The summed E-state index contributed by atoms with van der Waals surface area (Å²) >= 11 is 5.80. The van der Waals surface area contributed by atoms with Crippen LogP contribution >= 0.6 is 11.6 Å². The number of halogens is 1. The maximum absolute atomic E-state index is 5.80. The lowest BCUT2D eigenvalue weighted by atomic mass is 10.1. The van der Waals surface area contributed by atoms with Crippen molar-refractivity contribution in [3.63, 3.8) is 0 Å². The van der Waals surface area contributed by atoms with Gasteiger partial charge in [-0.1, -0.05) is 6.92 Å². The highest BCUT2D eigenvalue weighted by atomic mass is 35.5. The number of hydrogen-bond donors (Lipinski definition) is 0. The standard InChI is InChI=1S/C12H12ClN3O/c1-6-3-8(6)7-4-9-10(14-5-7)15-12(13)16-11(9)17-2/h4-6,8H,3H2,1-2H3/t6?,8-/m0/s1. The van der Waals surface area contributed by atoms with Crippen molar-refractivity contribution in [2.75, 3.05) is 7.11 Å². The summed E-state index contributed by atoms with van der Waals surface area (Å²) in [5.74, 6) is 1.85. The highest BCUT2D eigenvalue weighted by Gasteiger charge is 2.34. The van der Waals surface area contributed by atoms with Crippen molar-refractivity contribution in [1.29, 1.82) is 0 Å². The first-order chi connectivity index (χ1) is 8.19. The van der Waals surface area contributed by atoms with Gasteiger partial charge in [-0.25, -0.2) is 4.98 Å². The Balaban J connectivity index is 2.17. The molecule has 1 saturated carbocycles. The average Bonchev–Trinajstić information content (AvgIpc) is 3.04. The van der Waals surface area contributed by atoms with Crippen LogP contribution in [0, 0.1) is 5.92 Å². The molecular weight excluding hydrogens is 238 g/mol. The molecule has 0 aromatic carbocycles. The van der Waals surface area contributed by atoms with Crippen molar-refractivity contribution in [1.82, 2.24) is 15.0 Å². The summed E-state index contributed by atoms with van der Waals surface area (Å²) in [5, 5.41) is 0.989. The summed E-state index contributed by atoms with van der Waals surface area (Å²) in [5.41, 5.74) is 1.81. The van der Waals surface area contributed by atoms with Crippen LogP contribution in [-0.2, 0) is 0 Å². The Kier molecular flexibility index (Phi) is 2.40. The minimum atomic E-state index is 0.161. The average molecular weight is 250 g/mol. The first-order valence-electron chi connectivity index (χ1n) is 5.56. The molecule has 17 heavy (non-hydrogen) atoms. The van der Waals surface area contributed by atoms with Crippen molar-refractivity contribution < 1.29 is 4.74 Å². The molecule has 1 aliphatic rings. The number of rotatable bonds is 2. The molecule has 0 saturated heterocycles. The van der Waals surface area contributed by atoms with Gasteiger partial charge in [-0.2, -0.15) is 9.97 Å². The van der Waals surface area contributed by atoms with E-state index in [1.165, 1.54) is 12.0 Å². The van der Waals surface area contributed by atoms with Gasteiger partial charge in [0.1, 0.15) is 0 Å². The van der Waals surface area contributed by atoms with E-state index in [1.807, 2.05) is 6.20 Å². The maximum Gasteiger partial charge on any atom is 0.227 e. The van der Waals surface area contributed by atoms with Crippen molar-refractivity contribution in [2.45, 2.75) is 19.3 Å². The van der Waals surface area contributed by atoms with Gasteiger partial charge < -0.3 is 4.74 Å². The fourth-order valence-electron chi connectivity index (χ4n) is 2.12. The molecule has 0 N–H and O–H groups in total. The molecule has 2 aromatic heterocycles. The van der Waals surface area contributed by atoms with Crippen LogP contribution in [0.15, 0.2) is 12.3 Å². The van der Waals surface area contributed by atoms with Crippen LogP contribution in [0.4, 0.5) is 0 Å². The van der Waals surface area contributed by atoms with Crippen molar-refractivity contribution in [3.8, 4) is 5.88 Å². The summed E-state index contributed by atoms with van der Waals surface area (Å²) in [6.07, 6.45) is 3.10. The topological polar surface area (TPSA) is 47.9 Å². The fourth-order valence-corrected chi connectivity index (χ4v) is 2.28. The Bertz CT molecular complexity index is 587. The first-order valence-corrected chi connectivity index (χ1v) is 5.94. The van der Waals surface area contributed by atoms with Gasteiger partial charge in [-0.3, -0.25) is 0 Å². The predicted molar refractivity (Wildman–Crippen MR) is 65.4 cm³/mol. The van der Waals surface area contributed by atoms with E-state index in [1.54, 1.807) is 7.11 Å². The normalized spacial score (nSPS) is 22.8. The van der Waals surface area contributed by atoms with Gasteiger partial charge in [0.15, 0.2) is 5.65 Å². The van der Waals surface area contributed by atoms with E-state index in [2.05, 4.69) is 27.9 Å². The second-order valence-electron chi connectivity index (χ2n) is 4.46. The number of ether oxygens (including phenoxy) is 1. The zero-order chi connectivity index (χ0) is 12.0. The Morgan fingerprint density at radius 2 is 2.18 bits per heavy atom. The van der Waals surface area contributed by atoms with Gasteiger partial charge in [-0.05, 0) is 41.5 Å². The van der Waals surface area contributed by atoms with Crippen LogP contribution in [0.5, 0.6) is 5.88 Å². The van der Waals surface area contributed by atoms with Gasteiger partial charge in [0.2, 0.25) is 11.2 Å². The number of fused-ring (bicyclic) bond motifs is 1. The molecule has 1 aliphatic carbocycles. The zero-order valence-corrected chi connectivity index (χ0v) is 10.4. The van der Waals surface area contributed by atoms with Crippen LogP contribution in [0.1, 0.15) is 24.8 Å². The van der Waals surface area contributed by atoms with E-state index in [9.17, 15) is 0 Å². The smallest absolute Gasteiger partial charge is 0.227 e. The van der Waals surface area contributed by atoms with E-state index in [0.29, 0.717) is 17.4 Å². The second kappa shape index (κ2) is 3.81. The van der Waals surface area contributed by atoms with E-state index in [-0.39, 0.29) is 5.28 Å². The van der Waals surface area contributed by atoms with Crippen LogP contribution in [0.2, 0.25) is 5.28 Å². The van der Waals surface area contributed by atoms with E-state index in [0.717, 1.165) is 11.3 Å². The van der Waals surface area contributed by atoms with E-state index >= 15 is 0 Å². The van der Waals surface area contributed by atoms with Crippen LogP contribution in [-0.4, -0.2) is 22.1 Å². The van der Waals surface area contributed by atoms with Crippen LogP contribution < -0.4 is 4.74 Å². The van der Waals surface area contributed by atoms with Crippen molar-refractivity contribution in [2.24, 2.45) is 5.92 Å². The molecule has 0 bridgehead atoms. The number of pyridine rings is 1. The van der Waals surface area contributed by atoms with Crippen LogP contribution in [0.3, 0.4) is 0 Å². The summed E-state index contributed by atoms with van der Waals surface area (Å²) in [6.45, 7) is 2.24. The number of hydrogen-bond acceptors (Lipinski definition) is 4.